The van der Waals surface area contributed by atoms with E-state index in [0.29, 0.717) is 28.5 Å². The zero-order chi connectivity index (χ0) is 19.8. The zero-order valence-electron chi connectivity index (χ0n) is 15.1. The van der Waals surface area contributed by atoms with E-state index in [1.54, 1.807) is 21.5 Å². The number of nitrogens with one attached hydrogen (secondary N) is 1. The van der Waals surface area contributed by atoms with Crippen molar-refractivity contribution in [2.24, 2.45) is 0 Å². The van der Waals surface area contributed by atoms with E-state index in [1.807, 2.05) is 19.9 Å². The van der Waals surface area contributed by atoms with E-state index in [2.05, 4.69) is 20.5 Å². The number of benzene rings is 1. The van der Waals surface area contributed by atoms with Gasteiger partial charge in [-0.05, 0) is 37.6 Å². The molecule has 0 saturated carbocycles. The summed E-state index contributed by atoms with van der Waals surface area (Å²) in [5.74, 6) is -0.721. The molecule has 0 saturated heterocycles. The molecule has 1 N–H and O–H groups in total. The van der Waals surface area contributed by atoms with Crippen molar-refractivity contribution in [2.75, 3.05) is 5.32 Å². The number of nitrogens with zero attached hydrogens (tertiary/aromatic N) is 5. The predicted octanol–water partition coefficient (Wildman–Crippen LogP) is 3.64. The van der Waals surface area contributed by atoms with Gasteiger partial charge in [0, 0.05) is 22.6 Å². The van der Waals surface area contributed by atoms with Gasteiger partial charge in [-0.2, -0.15) is 10.2 Å². The van der Waals surface area contributed by atoms with Crippen LogP contribution in [0.5, 0.6) is 0 Å². The van der Waals surface area contributed by atoms with Crippen molar-refractivity contribution in [1.29, 1.82) is 0 Å². The molecule has 0 fully saturated rings. The molecule has 0 aliphatic heterocycles. The van der Waals surface area contributed by atoms with Gasteiger partial charge in [0.15, 0.2) is 5.65 Å². The highest BCUT2D eigenvalue weighted by molar-refractivity contribution is 6.31. The highest BCUT2D eigenvalue weighted by Gasteiger charge is 2.16. The van der Waals surface area contributed by atoms with Gasteiger partial charge in [-0.1, -0.05) is 17.7 Å². The Kier molecular flexibility index (Phi) is 4.56. The molecule has 0 aliphatic carbocycles. The molecule has 4 aromatic rings. The minimum absolute atomic E-state index is 0.323. The van der Waals surface area contributed by atoms with Gasteiger partial charge in [0.25, 0.3) is 5.91 Å². The Hall–Kier alpha value is -3.26. The van der Waals surface area contributed by atoms with Crippen molar-refractivity contribution >= 4 is 28.8 Å². The Labute approximate surface area is 164 Å². The van der Waals surface area contributed by atoms with Crippen LogP contribution in [-0.2, 0) is 6.54 Å². The number of halogens is 2. The van der Waals surface area contributed by atoms with Crippen LogP contribution >= 0.6 is 11.6 Å². The first-order valence-corrected chi connectivity index (χ1v) is 8.88. The second-order valence-corrected chi connectivity index (χ2v) is 6.86. The molecule has 0 bridgehead atoms. The number of fused-ring (bicyclic) bond motifs is 1. The lowest BCUT2D eigenvalue weighted by Gasteiger charge is -2.05. The van der Waals surface area contributed by atoms with Crippen LogP contribution in [0.1, 0.15) is 27.3 Å². The molecule has 3 heterocycles. The minimum Gasteiger partial charge on any atom is -0.319 e. The smallest absolute Gasteiger partial charge is 0.261 e. The highest BCUT2D eigenvalue weighted by atomic mass is 35.5. The van der Waals surface area contributed by atoms with E-state index in [1.165, 1.54) is 24.5 Å². The Bertz CT molecular complexity index is 1200. The molecule has 7 nitrogen and oxygen atoms in total. The minimum atomic E-state index is -0.394. The quantitative estimate of drug-likeness (QED) is 0.569. The zero-order valence-corrected chi connectivity index (χ0v) is 15.9. The van der Waals surface area contributed by atoms with Gasteiger partial charge in [-0.15, -0.1) is 0 Å². The average molecular weight is 399 g/mol. The summed E-state index contributed by atoms with van der Waals surface area (Å²) in [5, 5.41) is 11.6. The van der Waals surface area contributed by atoms with Crippen LogP contribution in [0.4, 0.5) is 10.1 Å². The van der Waals surface area contributed by atoms with Gasteiger partial charge in [0.1, 0.15) is 11.4 Å². The maximum absolute atomic E-state index is 13.2. The molecule has 0 spiro atoms. The van der Waals surface area contributed by atoms with Crippen molar-refractivity contribution in [3.8, 4) is 0 Å². The third-order valence-electron chi connectivity index (χ3n) is 4.26. The summed E-state index contributed by atoms with van der Waals surface area (Å²) in [4.78, 5) is 17.1. The Morgan fingerprint density at radius 2 is 2.04 bits per heavy atom. The van der Waals surface area contributed by atoms with E-state index in [4.69, 9.17) is 11.6 Å². The predicted molar refractivity (Wildman–Crippen MR) is 103 cm³/mol. The highest BCUT2D eigenvalue weighted by Crippen LogP contribution is 2.19. The monoisotopic (exact) mass is 398 g/mol. The summed E-state index contributed by atoms with van der Waals surface area (Å²) in [5.41, 5.74) is 3.82. The fourth-order valence-electron chi connectivity index (χ4n) is 2.97. The van der Waals surface area contributed by atoms with Crippen LogP contribution in [0.15, 0.2) is 42.9 Å². The Balaban J connectivity index is 1.53. The van der Waals surface area contributed by atoms with Crippen molar-refractivity contribution in [2.45, 2.75) is 20.4 Å². The third kappa shape index (κ3) is 3.46. The fourth-order valence-corrected chi connectivity index (χ4v) is 3.20. The standard InChI is InChI=1S/C19H16ClFN6O/c1-11-5-12(2)27-18(24-11)16(8-23-27)19(28)25-15-7-22-26(10-15)9-13-3-4-14(21)6-17(13)20/h3-8,10H,9H2,1-2H3,(H,25,28). The largest absolute Gasteiger partial charge is 0.319 e. The number of amides is 1. The van der Waals surface area contributed by atoms with Crippen LogP contribution in [-0.4, -0.2) is 30.3 Å². The first kappa shape index (κ1) is 18.1. The lowest BCUT2D eigenvalue weighted by Crippen LogP contribution is -2.12. The van der Waals surface area contributed by atoms with Gasteiger partial charge >= 0.3 is 0 Å². The normalized spacial score (nSPS) is 11.1. The number of carbonyl (C=O) groups is 1. The Morgan fingerprint density at radius 1 is 1.21 bits per heavy atom. The third-order valence-corrected chi connectivity index (χ3v) is 4.61. The lowest BCUT2D eigenvalue weighted by molar-refractivity contribution is 0.102. The van der Waals surface area contributed by atoms with Crippen molar-refractivity contribution in [1.82, 2.24) is 24.4 Å². The number of hydrogen-bond acceptors (Lipinski definition) is 4. The van der Waals surface area contributed by atoms with Crippen LogP contribution in [0.3, 0.4) is 0 Å². The summed E-state index contributed by atoms with van der Waals surface area (Å²) < 4.78 is 16.4. The van der Waals surface area contributed by atoms with E-state index in [0.717, 1.165) is 17.0 Å². The maximum atomic E-state index is 13.2. The molecule has 1 amide bonds. The second-order valence-electron chi connectivity index (χ2n) is 6.45. The number of aryl methyl sites for hydroxylation is 2. The molecule has 142 valence electrons. The first-order valence-electron chi connectivity index (χ1n) is 8.50. The molecule has 1 aromatic carbocycles. The van der Waals surface area contributed by atoms with Crippen molar-refractivity contribution < 1.29 is 9.18 Å². The fraction of sp³-hybridized carbons (Fsp3) is 0.158. The first-order chi connectivity index (χ1) is 13.4. The molecule has 4 rings (SSSR count). The van der Waals surface area contributed by atoms with Gasteiger partial charge in [0.05, 0.1) is 24.6 Å². The Morgan fingerprint density at radius 3 is 2.82 bits per heavy atom. The molecular formula is C19H16ClFN6O. The van der Waals surface area contributed by atoms with Crippen LogP contribution < -0.4 is 5.32 Å². The summed E-state index contributed by atoms with van der Waals surface area (Å²) in [6.07, 6.45) is 4.70. The maximum Gasteiger partial charge on any atom is 0.261 e. The number of carbonyl (C=O) groups excluding carboxylic acids is 1. The number of hydrogen-bond donors (Lipinski definition) is 1. The van der Waals surface area contributed by atoms with Gasteiger partial charge in [0.2, 0.25) is 0 Å². The van der Waals surface area contributed by atoms with Gasteiger partial charge in [-0.3, -0.25) is 9.48 Å². The molecule has 0 atom stereocenters. The molecule has 0 unspecified atom stereocenters. The van der Waals surface area contributed by atoms with Gasteiger partial charge < -0.3 is 5.32 Å². The number of aromatic nitrogens is 5. The number of anilines is 1. The van der Waals surface area contributed by atoms with Crippen LogP contribution in [0.25, 0.3) is 5.65 Å². The summed E-state index contributed by atoms with van der Waals surface area (Å²) in [6, 6.07) is 6.10. The van der Waals surface area contributed by atoms with Crippen LogP contribution in [0, 0.1) is 19.7 Å². The molecule has 28 heavy (non-hydrogen) atoms. The van der Waals surface area contributed by atoms with Crippen LogP contribution in [0.2, 0.25) is 5.02 Å². The van der Waals surface area contributed by atoms with E-state index in [-0.39, 0.29) is 5.91 Å². The van der Waals surface area contributed by atoms with Gasteiger partial charge in [-0.25, -0.2) is 13.9 Å². The summed E-state index contributed by atoms with van der Waals surface area (Å²) in [6.45, 7) is 4.12. The number of rotatable bonds is 4. The second kappa shape index (κ2) is 7.05. The average Bonchev–Trinajstić information content (AvgIpc) is 3.24. The summed E-state index contributed by atoms with van der Waals surface area (Å²) >= 11 is 6.05. The topological polar surface area (TPSA) is 77.1 Å². The molecule has 3 aromatic heterocycles. The summed E-state index contributed by atoms with van der Waals surface area (Å²) in [7, 11) is 0. The lowest BCUT2D eigenvalue weighted by atomic mass is 10.2. The molecular weight excluding hydrogens is 383 g/mol. The van der Waals surface area contributed by atoms with Crippen molar-refractivity contribution in [3.63, 3.8) is 0 Å². The molecule has 0 aliphatic rings. The van der Waals surface area contributed by atoms with Crippen molar-refractivity contribution in [3.05, 3.63) is 76.2 Å². The SMILES string of the molecule is Cc1cc(C)n2ncc(C(=O)Nc3cnn(Cc4ccc(F)cc4Cl)c3)c2n1. The molecule has 0 radical (unpaired) electrons. The van der Waals surface area contributed by atoms with E-state index in [9.17, 15) is 9.18 Å². The van der Waals surface area contributed by atoms with E-state index >= 15 is 0 Å². The molecule has 9 heteroatoms. The van der Waals surface area contributed by atoms with E-state index < -0.39 is 5.82 Å².